The highest BCUT2D eigenvalue weighted by molar-refractivity contribution is 7.00. The Bertz CT molecular complexity index is 3070. The highest BCUT2D eigenvalue weighted by atomic mass is 15.2. The van der Waals surface area contributed by atoms with Crippen molar-refractivity contribution < 1.29 is 0 Å². The Morgan fingerprint density at radius 1 is 0.346 bits per heavy atom. The Morgan fingerprint density at radius 3 is 1.77 bits per heavy atom. The van der Waals surface area contributed by atoms with Crippen LogP contribution in [-0.2, 0) is 0 Å². The summed E-state index contributed by atoms with van der Waals surface area (Å²) in [6.45, 7) is 0.134. The smallest absolute Gasteiger partial charge is 0.252 e. The minimum Gasteiger partial charge on any atom is -0.311 e. The van der Waals surface area contributed by atoms with Gasteiger partial charge in [-0.2, -0.15) is 0 Å². The molecule has 2 aromatic heterocycles. The van der Waals surface area contributed by atoms with E-state index in [1.807, 2.05) is 0 Å². The lowest BCUT2D eigenvalue weighted by Crippen LogP contribution is -2.60. The van der Waals surface area contributed by atoms with Gasteiger partial charge in [0.2, 0.25) is 0 Å². The molecule has 2 aliphatic heterocycles. The Labute approximate surface area is 301 Å². The first-order valence-electron chi connectivity index (χ1n) is 18.1. The van der Waals surface area contributed by atoms with Crippen LogP contribution in [0.1, 0.15) is 0 Å². The minimum absolute atomic E-state index is 0.134. The molecule has 0 atom stereocenters. The van der Waals surface area contributed by atoms with E-state index in [1.165, 1.54) is 93.9 Å². The molecular weight excluding hydrogens is 629 g/mol. The molecule has 12 rings (SSSR count). The number of benzene rings is 8. The topological polar surface area (TPSA) is 13.1 Å². The summed E-state index contributed by atoms with van der Waals surface area (Å²) in [4.78, 5) is 2.47. The summed E-state index contributed by atoms with van der Waals surface area (Å²) >= 11 is 0. The van der Waals surface area contributed by atoms with Crippen LogP contribution in [-0.4, -0.2) is 15.8 Å². The third-order valence-electron chi connectivity index (χ3n) is 11.5. The van der Waals surface area contributed by atoms with Gasteiger partial charge in [-0.25, -0.2) is 0 Å². The number of rotatable bonds is 3. The molecule has 0 spiro atoms. The Morgan fingerprint density at radius 2 is 0.962 bits per heavy atom. The summed E-state index contributed by atoms with van der Waals surface area (Å²) in [7, 11) is 0. The molecule has 8 aromatic carbocycles. The largest absolute Gasteiger partial charge is 0.311 e. The molecule has 0 aliphatic carbocycles. The van der Waals surface area contributed by atoms with Gasteiger partial charge in [-0.3, -0.25) is 0 Å². The normalized spacial score (nSPS) is 12.9. The molecule has 4 heterocycles. The lowest BCUT2D eigenvalue weighted by atomic mass is 9.34. The molecule has 0 saturated carbocycles. The molecule has 3 nitrogen and oxygen atoms in total. The molecule has 0 bridgehead atoms. The molecule has 240 valence electrons. The number of hydrogen-bond acceptors (Lipinski definition) is 1. The molecule has 0 amide bonds. The van der Waals surface area contributed by atoms with E-state index in [2.05, 4.69) is 196 Å². The lowest BCUT2D eigenvalue weighted by Gasteiger charge is -2.39. The summed E-state index contributed by atoms with van der Waals surface area (Å²) in [5.74, 6) is 0. The van der Waals surface area contributed by atoms with Gasteiger partial charge in [-0.1, -0.05) is 121 Å². The molecule has 2 aliphatic rings. The average molecular weight is 660 g/mol. The van der Waals surface area contributed by atoms with Crippen molar-refractivity contribution in [1.82, 2.24) is 9.13 Å². The molecule has 0 N–H and O–H groups in total. The first-order valence-corrected chi connectivity index (χ1v) is 18.1. The maximum absolute atomic E-state index is 2.56. The molecule has 0 saturated heterocycles. The van der Waals surface area contributed by atoms with Crippen LogP contribution in [0.4, 0.5) is 17.1 Å². The van der Waals surface area contributed by atoms with Gasteiger partial charge in [-0.15, -0.1) is 0 Å². The van der Waals surface area contributed by atoms with Crippen LogP contribution < -0.4 is 21.3 Å². The predicted molar refractivity (Wildman–Crippen MR) is 220 cm³/mol. The van der Waals surface area contributed by atoms with Gasteiger partial charge in [0.1, 0.15) is 0 Å². The summed E-state index contributed by atoms with van der Waals surface area (Å²) in [5, 5.41) is 5.12. The van der Waals surface area contributed by atoms with E-state index in [1.54, 1.807) is 0 Å². The Hall–Kier alpha value is -6.78. The zero-order valence-electron chi connectivity index (χ0n) is 28.2. The second-order valence-electron chi connectivity index (χ2n) is 14.1. The molecular formula is C48H30BN3. The molecule has 0 radical (unpaired) electrons. The first-order chi connectivity index (χ1) is 25.8. The third-order valence-corrected chi connectivity index (χ3v) is 11.5. The quantitative estimate of drug-likeness (QED) is 0.172. The monoisotopic (exact) mass is 659 g/mol. The van der Waals surface area contributed by atoms with Crippen molar-refractivity contribution in [3.05, 3.63) is 182 Å². The lowest BCUT2D eigenvalue weighted by molar-refractivity contribution is 1.17. The second kappa shape index (κ2) is 10.4. The van der Waals surface area contributed by atoms with E-state index in [0.29, 0.717) is 0 Å². The summed E-state index contributed by atoms with van der Waals surface area (Å²) in [6, 6.07) is 67.0. The van der Waals surface area contributed by atoms with Gasteiger partial charge in [-0.05, 0) is 88.2 Å². The first kappa shape index (κ1) is 28.0. The van der Waals surface area contributed by atoms with Crippen molar-refractivity contribution in [3.8, 4) is 22.5 Å². The van der Waals surface area contributed by atoms with E-state index in [-0.39, 0.29) is 6.71 Å². The summed E-state index contributed by atoms with van der Waals surface area (Å²) < 4.78 is 5.01. The van der Waals surface area contributed by atoms with Gasteiger partial charge in [0, 0.05) is 50.0 Å². The minimum atomic E-state index is 0.134. The van der Waals surface area contributed by atoms with Crippen molar-refractivity contribution in [2.45, 2.75) is 0 Å². The van der Waals surface area contributed by atoms with E-state index in [9.17, 15) is 0 Å². The van der Waals surface area contributed by atoms with Gasteiger partial charge in [0.15, 0.2) is 0 Å². The van der Waals surface area contributed by atoms with E-state index < -0.39 is 0 Å². The number of anilines is 3. The second-order valence-corrected chi connectivity index (χ2v) is 14.1. The van der Waals surface area contributed by atoms with E-state index >= 15 is 0 Å². The van der Waals surface area contributed by atoms with Crippen molar-refractivity contribution in [1.29, 1.82) is 0 Å². The fourth-order valence-electron chi connectivity index (χ4n) is 9.36. The fourth-order valence-corrected chi connectivity index (χ4v) is 9.36. The van der Waals surface area contributed by atoms with E-state index in [4.69, 9.17) is 0 Å². The molecule has 0 unspecified atom stereocenters. The van der Waals surface area contributed by atoms with Gasteiger partial charge in [0.25, 0.3) is 6.71 Å². The van der Waals surface area contributed by atoms with Crippen LogP contribution in [0, 0.1) is 0 Å². The SMILES string of the molecule is c1ccc(-c2ccc(-n3c4ccccc4c4cc5c6ccc7c8c6n(c5cc43)-c3ccccc3B8c3ccccc3N7c3ccccc3)cc2)cc1. The highest BCUT2D eigenvalue weighted by Gasteiger charge is 2.41. The number of aromatic nitrogens is 2. The number of hydrogen-bond donors (Lipinski definition) is 0. The third kappa shape index (κ3) is 3.65. The zero-order chi connectivity index (χ0) is 33.9. The van der Waals surface area contributed by atoms with Crippen LogP contribution in [0.15, 0.2) is 182 Å². The predicted octanol–water partition coefficient (Wildman–Crippen LogP) is 10.2. The highest BCUT2D eigenvalue weighted by Crippen LogP contribution is 2.44. The van der Waals surface area contributed by atoms with Gasteiger partial charge >= 0.3 is 0 Å². The standard InChI is InChI=1S/C48H30BN3/c1-3-13-31(14-4-1)32-23-25-34(26-24-32)50-41-20-10-7-17-35(41)37-29-38-36-27-28-44-47-48(36)52(46(38)30-45(37)50)43-22-12-9-19-40(43)49(47)39-18-8-11-21-42(39)51(44)33-15-5-2-6-16-33/h1-30H. The Kier molecular flexibility index (Phi) is 5.58. The van der Waals surface area contributed by atoms with Gasteiger partial charge < -0.3 is 14.0 Å². The maximum atomic E-state index is 2.56. The van der Waals surface area contributed by atoms with Crippen molar-refractivity contribution >= 4 is 83.8 Å². The number of fused-ring (bicyclic) bond motifs is 11. The van der Waals surface area contributed by atoms with Crippen LogP contribution in [0.5, 0.6) is 0 Å². The van der Waals surface area contributed by atoms with Crippen LogP contribution in [0.25, 0.3) is 66.1 Å². The molecule has 10 aromatic rings. The fraction of sp³-hybridized carbons (Fsp3) is 0. The van der Waals surface area contributed by atoms with Crippen molar-refractivity contribution in [2.24, 2.45) is 0 Å². The summed E-state index contributed by atoms with van der Waals surface area (Å²) in [5.41, 5.74) is 17.6. The van der Waals surface area contributed by atoms with Crippen LogP contribution >= 0.6 is 0 Å². The number of nitrogens with zero attached hydrogens (tertiary/aromatic N) is 3. The molecule has 4 heteroatoms. The van der Waals surface area contributed by atoms with Crippen LogP contribution in [0.2, 0.25) is 0 Å². The van der Waals surface area contributed by atoms with E-state index in [0.717, 1.165) is 5.69 Å². The van der Waals surface area contributed by atoms with Gasteiger partial charge in [0.05, 0.1) is 22.1 Å². The van der Waals surface area contributed by atoms with Crippen molar-refractivity contribution in [2.75, 3.05) is 4.90 Å². The van der Waals surface area contributed by atoms with Crippen LogP contribution in [0.3, 0.4) is 0 Å². The molecule has 0 fully saturated rings. The van der Waals surface area contributed by atoms with Crippen molar-refractivity contribution in [3.63, 3.8) is 0 Å². The maximum Gasteiger partial charge on any atom is 0.252 e. The summed E-state index contributed by atoms with van der Waals surface area (Å²) in [6.07, 6.45) is 0. The number of para-hydroxylation sites is 4. The molecule has 52 heavy (non-hydrogen) atoms. The zero-order valence-corrected chi connectivity index (χ0v) is 28.2. The Balaban J connectivity index is 1.18. The average Bonchev–Trinajstić information content (AvgIpc) is 3.72.